The normalized spacial score (nSPS) is 23.7. The minimum atomic E-state index is 0.223. The van der Waals surface area contributed by atoms with Crippen LogP contribution in [0, 0.1) is 0 Å². The van der Waals surface area contributed by atoms with Crippen molar-refractivity contribution >= 4 is 5.82 Å². The molecule has 1 aromatic heterocycles. The second kappa shape index (κ2) is 9.15. The summed E-state index contributed by atoms with van der Waals surface area (Å²) in [5.74, 6) is 0.812. The molecule has 23 heavy (non-hydrogen) atoms. The lowest BCUT2D eigenvalue weighted by Crippen LogP contribution is -2.48. The molecule has 1 saturated carbocycles. The number of ether oxygens (including phenoxy) is 1. The lowest BCUT2D eigenvalue weighted by atomic mass is 9.95. The molecular formula is C17H29N5O. The van der Waals surface area contributed by atoms with Crippen LogP contribution in [-0.2, 0) is 4.74 Å². The second-order valence-corrected chi connectivity index (χ2v) is 6.57. The first-order valence-electron chi connectivity index (χ1n) is 8.99. The number of hydrogen-bond acceptors (Lipinski definition) is 6. The summed E-state index contributed by atoms with van der Waals surface area (Å²) in [5.41, 5.74) is 0. The highest BCUT2D eigenvalue weighted by Crippen LogP contribution is 2.17. The number of morpholine rings is 1. The van der Waals surface area contributed by atoms with E-state index in [9.17, 15) is 0 Å². The first kappa shape index (κ1) is 16.6. The van der Waals surface area contributed by atoms with E-state index in [-0.39, 0.29) is 6.10 Å². The van der Waals surface area contributed by atoms with Gasteiger partial charge in [-0.15, -0.1) is 5.10 Å². The summed E-state index contributed by atoms with van der Waals surface area (Å²) in [5, 5.41) is 14.9. The average molecular weight is 319 g/mol. The first-order valence-corrected chi connectivity index (χ1v) is 8.99. The minimum absolute atomic E-state index is 0.223. The van der Waals surface area contributed by atoms with Crippen molar-refractivity contribution in [2.45, 2.75) is 44.2 Å². The molecule has 3 rings (SSSR count). The van der Waals surface area contributed by atoms with Gasteiger partial charge < -0.3 is 15.4 Å². The van der Waals surface area contributed by atoms with Crippen LogP contribution in [0.5, 0.6) is 0 Å². The van der Waals surface area contributed by atoms with E-state index >= 15 is 0 Å². The summed E-state index contributed by atoms with van der Waals surface area (Å²) in [6.07, 6.45) is 8.82. The van der Waals surface area contributed by atoms with E-state index in [1.54, 1.807) is 6.20 Å². The van der Waals surface area contributed by atoms with Gasteiger partial charge in [0, 0.05) is 45.0 Å². The van der Waals surface area contributed by atoms with Crippen molar-refractivity contribution in [3.63, 3.8) is 0 Å². The second-order valence-electron chi connectivity index (χ2n) is 6.57. The number of rotatable bonds is 7. The van der Waals surface area contributed by atoms with Crippen LogP contribution < -0.4 is 10.6 Å². The van der Waals surface area contributed by atoms with Crippen molar-refractivity contribution in [1.29, 1.82) is 0 Å². The Bertz CT molecular complexity index is 438. The molecule has 2 aliphatic rings. The van der Waals surface area contributed by atoms with Crippen LogP contribution in [-0.4, -0.2) is 66.6 Å². The van der Waals surface area contributed by atoms with Crippen LogP contribution >= 0.6 is 0 Å². The van der Waals surface area contributed by atoms with Gasteiger partial charge in [-0.2, -0.15) is 5.10 Å². The van der Waals surface area contributed by atoms with Crippen molar-refractivity contribution < 1.29 is 4.74 Å². The van der Waals surface area contributed by atoms with Gasteiger partial charge in [-0.25, -0.2) is 0 Å². The lowest BCUT2D eigenvalue weighted by molar-refractivity contribution is -0.0208. The SMILES string of the molecule is c1cnnc(NC[C@@H]2CN(CCNC3CCCCC3)CCO2)c1. The highest BCUT2D eigenvalue weighted by molar-refractivity contribution is 5.31. The number of anilines is 1. The summed E-state index contributed by atoms with van der Waals surface area (Å²) < 4.78 is 5.85. The fourth-order valence-corrected chi connectivity index (χ4v) is 3.45. The molecule has 0 amide bonds. The summed E-state index contributed by atoms with van der Waals surface area (Å²) in [7, 11) is 0. The minimum Gasteiger partial charge on any atom is -0.374 e. The molecule has 6 nitrogen and oxygen atoms in total. The zero-order valence-electron chi connectivity index (χ0n) is 13.9. The monoisotopic (exact) mass is 319 g/mol. The maximum Gasteiger partial charge on any atom is 0.148 e. The quantitative estimate of drug-likeness (QED) is 0.794. The Morgan fingerprint density at radius 1 is 1.26 bits per heavy atom. The van der Waals surface area contributed by atoms with Crippen molar-refractivity contribution in [2.75, 3.05) is 44.6 Å². The molecule has 1 aliphatic heterocycles. The van der Waals surface area contributed by atoms with Crippen LogP contribution in [0.4, 0.5) is 5.82 Å². The maximum atomic E-state index is 5.85. The summed E-state index contributed by atoms with van der Waals surface area (Å²) >= 11 is 0. The molecule has 0 spiro atoms. The molecule has 2 N–H and O–H groups in total. The molecule has 0 radical (unpaired) electrons. The van der Waals surface area contributed by atoms with Crippen molar-refractivity contribution in [3.8, 4) is 0 Å². The van der Waals surface area contributed by atoms with E-state index in [2.05, 4.69) is 25.7 Å². The molecular weight excluding hydrogens is 290 g/mol. The fraction of sp³-hybridized carbons (Fsp3) is 0.765. The summed E-state index contributed by atoms with van der Waals surface area (Å²) in [6, 6.07) is 4.57. The van der Waals surface area contributed by atoms with E-state index in [1.807, 2.05) is 12.1 Å². The molecule has 2 heterocycles. The Labute approximate surface area is 139 Å². The molecule has 0 bridgehead atoms. The molecule has 0 aromatic carbocycles. The van der Waals surface area contributed by atoms with Crippen LogP contribution in [0.2, 0.25) is 0 Å². The molecule has 1 saturated heterocycles. The van der Waals surface area contributed by atoms with Gasteiger partial charge in [0.25, 0.3) is 0 Å². The maximum absolute atomic E-state index is 5.85. The van der Waals surface area contributed by atoms with Gasteiger partial charge in [0.2, 0.25) is 0 Å². The molecule has 1 aromatic rings. The Balaban J connectivity index is 1.33. The average Bonchev–Trinajstić information content (AvgIpc) is 2.62. The van der Waals surface area contributed by atoms with Gasteiger partial charge in [0.1, 0.15) is 5.82 Å². The molecule has 1 atom stereocenters. The van der Waals surface area contributed by atoms with Gasteiger partial charge in [-0.3, -0.25) is 4.90 Å². The van der Waals surface area contributed by atoms with E-state index in [0.29, 0.717) is 0 Å². The predicted octanol–water partition coefficient (Wildman–Crippen LogP) is 1.51. The Morgan fingerprint density at radius 3 is 3.00 bits per heavy atom. The molecule has 0 unspecified atom stereocenters. The van der Waals surface area contributed by atoms with Gasteiger partial charge >= 0.3 is 0 Å². The van der Waals surface area contributed by atoms with E-state index in [0.717, 1.165) is 51.2 Å². The number of aromatic nitrogens is 2. The number of hydrogen-bond donors (Lipinski definition) is 2. The van der Waals surface area contributed by atoms with E-state index < -0.39 is 0 Å². The van der Waals surface area contributed by atoms with E-state index in [1.165, 1.54) is 32.1 Å². The highest BCUT2D eigenvalue weighted by Gasteiger charge is 2.20. The highest BCUT2D eigenvalue weighted by atomic mass is 16.5. The van der Waals surface area contributed by atoms with Crippen LogP contribution in [0.3, 0.4) is 0 Å². The standard InChI is InChI=1S/C17H29N5O/c1-2-5-15(6-3-1)18-9-10-22-11-12-23-16(14-22)13-19-17-7-4-8-20-21-17/h4,7-8,15-16,18H,1-3,5-6,9-14H2,(H,19,21)/t16-/m1/s1. The van der Waals surface area contributed by atoms with Gasteiger partial charge in [-0.1, -0.05) is 19.3 Å². The lowest BCUT2D eigenvalue weighted by Gasteiger charge is -2.33. The van der Waals surface area contributed by atoms with Crippen LogP contribution in [0.25, 0.3) is 0 Å². The van der Waals surface area contributed by atoms with Crippen molar-refractivity contribution in [3.05, 3.63) is 18.3 Å². The van der Waals surface area contributed by atoms with Crippen molar-refractivity contribution in [2.24, 2.45) is 0 Å². The van der Waals surface area contributed by atoms with Gasteiger partial charge in [0.05, 0.1) is 12.7 Å². The van der Waals surface area contributed by atoms with Gasteiger partial charge in [0.15, 0.2) is 0 Å². The topological polar surface area (TPSA) is 62.3 Å². The van der Waals surface area contributed by atoms with Crippen molar-refractivity contribution in [1.82, 2.24) is 20.4 Å². The van der Waals surface area contributed by atoms with Crippen LogP contribution in [0.1, 0.15) is 32.1 Å². The largest absolute Gasteiger partial charge is 0.374 e. The smallest absolute Gasteiger partial charge is 0.148 e. The Kier molecular flexibility index (Phi) is 6.61. The molecule has 128 valence electrons. The predicted molar refractivity (Wildman–Crippen MR) is 91.6 cm³/mol. The fourth-order valence-electron chi connectivity index (χ4n) is 3.45. The zero-order valence-corrected chi connectivity index (χ0v) is 13.9. The number of nitrogens with one attached hydrogen (secondary N) is 2. The third-order valence-corrected chi connectivity index (χ3v) is 4.77. The summed E-state index contributed by atoms with van der Waals surface area (Å²) in [6.45, 7) is 5.82. The third-order valence-electron chi connectivity index (χ3n) is 4.77. The molecule has 6 heteroatoms. The Morgan fingerprint density at radius 2 is 2.17 bits per heavy atom. The molecule has 1 aliphatic carbocycles. The first-order chi connectivity index (χ1) is 11.4. The van der Waals surface area contributed by atoms with E-state index in [4.69, 9.17) is 4.74 Å². The Hall–Kier alpha value is -1.24. The molecule has 2 fully saturated rings. The summed E-state index contributed by atoms with van der Waals surface area (Å²) in [4.78, 5) is 2.50. The van der Waals surface area contributed by atoms with Gasteiger partial charge in [-0.05, 0) is 25.0 Å². The zero-order chi connectivity index (χ0) is 15.7. The third kappa shape index (κ3) is 5.71. The number of nitrogens with zero attached hydrogens (tertiary/aromatic N) is 3. The van der Waals surface area contributed by atoms with Crippen LogP contribution in [0.15, 0.2) is 18.3 Å².